The molecule has 1 aliphatic carbocycles. The quantitative estimate of drug-likeness (QED) is 0.126. The third-order valence-corrected chi connectivity index (χ3v) is 9.02. The van der Waals surface area contributed by atoms with E-state index in [0.717, 1.165) is 65.0 Å². The molecule has 6 rings (SSSR count). The average molecular weight is 669 g/mol. The maximum atomic E-state index is 12.8. The topological polar surface area (TPSA) is 73.6 Å². The van der Waals surface area contributed by atoms with Gasteiger partial charge in [0.2, 0.25) is 0 Å². The van der Waals surface area contributed by atoms with Crippen molar-refractivity contribution in [2.45, 2.75) is 70.7 Å². The Labute approximate surface area is 284 Å². The van der Waals surface area contributed by atoms with Gasteiger partial charge in [0.25, 0.3) is 0 Å². The monoisotopic (exact) mass is 668 g/mol. The number of anilines is 1. The number of alkyl halides is 3. The lowest BCUT2D eigenvalue weighted by Gasteiger charge is -2.16. The summed E-state index contributed by atoms with van der Waals surface area (Å²) in [6.45, 7) is 6.42. The van der Waals surface area contributed by atoms with E-state index in [-0.39, 0.29) is 24.0 Å². The lowest BCUT2D eigenvalue weighted by Crippen LogP contribution is -2.18. The summed E-state index contributed by atoms with van der Waals surface area (Å²) in [5, 5.41) is 7.81. The number of aromatic nitrogens is 1. The number of nitrogens with zero attached hydrogens (tertiary/aromatic N) is 1. The van der Waals surface area contributed by atoms with Crippen molar-refractivity contribution in [3.05, 3.63) is 125 Å². The first kappa shape index (κ1) is 33.8. The van der Waals surface area contributed by atoms with Gasteiger partial charge < -0.3 is 19.3 Å². The van der Waals surface area contributed by atoms with E-state index in [1.165, 1.54) is 17.7 Å². The second-order valence-corrected chi connectivity index (χ2v) is 12.8. The first-order valence-corrected chi connectivity index (χ1v) is 16.5. The molecule has 1 N–H and O–H groups in total. The van der Waals surface area contributed by atoms with Gasteiger partial charge in [-0.2, -0.15) is 13.2 Å². The number of ether oxygens (including phenoxy) is 2. The zero-order chi connectivity index (χ0) is 34.6. The highest BCUT2D eigenvalue weighted by Crippen LogP contribution is 2.51. The number of aryl methyl sites for hydroxylation is 1. The molecule has 9 heteroatoms. The summed E-state index contributed by atoms with van der Waals surface area (Å²) in [6.07, 6.45) is -1.18. The summed E-state index contributed by atoms with van der Waals surface area (Å²) in [4.78, 5) is 12.1. The van der Waals surface area contributed by atoms with E-state index < -0.39 is 11.7 Å². The number of nitrogens with one attached hydrogen (secondary N) is 1. The van der Waals surface area contributed by atoms with Crippen LogP contribution in [0.4, 0.5) is 18.9 Å². The van der Waals surface area contributed by atoms with Crippen LogP contribution in [-0.4, -0.2) is 23.8 Å². The second kappa shape index (κ2) is 14.2. The average Bonchev–Trinajstić information content (AvgIpc) is 3.79. The highest BCUT2D eigenvalue weighted by atomic mass is 19.4. The Morgan fingerprint density at radius 3 is 2.06 bits per heavy atom. The van der Waals surface area contributed by atoms with Crippen LogP contribution in [0.1, 0.15) is 61.1 Å². The Bertz CT molecular complexity index is 1860. The zero-order valence-electron chi connectivity index (χ0n) is 27.8. The molecule has 0 radical (unpaired) electrons. The molecule has 4 aromatic carbocycles. The van der Waals surface area contributed by atoms with E-state index in [2.05, 4.69) is 53.8 Å². The molecule has 0 saturated heterocycles. The molecule has 0 spiro atoms. The van der Waals surface area contributed by atoms with Crippen LogP contribution < -0.4 is 10.1 Å². The Morgan fingerprint density at radius 1 is 0.878 bits per heavy atom. The van der Waals surface area contributed by atoms with Crippen molar-refractivity contribution in [2.24, 2.45) is 0 Å². The molecule has 1 atom stereocenters. The third-order valence-electron chi connectivity index (χ3n) is 9.02. The molecule has 49 heavy (non-hydrogen) atoms. The Balaban J connectivity index is 1.04. The van der Waals surface area contributed by atoms with E-state index in [1.54, 1.807) is 0 Å². The SMILES string of the molecule is CCOC(=O)CC1(c2ccc(-c3ccc(-c4onc(C)c4NC(C)Cc4ccc(OCc5ccc(C(F)(F)F)cc5)cc4)cc3)cc2)CC1. The van der Waals surface area contributed by atoms with Crippen molar-refractivity contribution < 1.29 is 32.0 Å². The molecule has 5 aromatic rings. The van der Waals surface area contributed by atoms with E-state index in [4.69, 9.17) is 14.0 Å². The molecule has 0 aliphatic heterocycles. The number of rotatable bonds is 13. The van der Waals surface area contributed by atoms with Gasteiger partial charge in [-0.15, -0.1) is 0 Å². The molecule has 1 unspecified atom stereocenters. The zero-order valence-corrected chi connectivity index (χ0v) is 27.8. The highest BCUT2D eigenvalue weighted by Gasteiger charge is 2.46. The predicted molar refractivity (Wildman–Crippen MR) is 183 cm³/mol. The maximum absolute atomic E-state index is 12.8. The molecule has 0 bridgehead atoms. The fourth-order valence-electron chi connectivity index (χ4n) is 6.10. The van der Waals surface area contributed by atoms with Crippen molar-refractivity contribution in [3.63, 3.8) is 0 Å². The number of esters is 1. The van der Waals surface area contributed by atoms with E-state index in [9.17, 15) is 18.0 Å². The van der Waals surface area contributed by atoms with Crippen molar-refractivity contribution in [1.82, 2.24) is 5.16 Å². The summed E-state index contributed by atoms with van der Waals surface area (Å²) in [5.41, 5.74) is 6.89. The van der Waals surface area contributed by atoms with Crippen LogP contribution >= 0.6 is 0 Å². The van der Waals surface area contributed by atoms with Crippen LogP contribution in [0.25, 0.3) is 22.5 Å². The van der Waals surface area contributed by atoms with Gasteiger partial charge in [-0.25, -0.2) is 0 Å². The molecule has 1 aliphatic rings. The maximum Gasteiger partial charge on any atom is 0.416 e. The lowest BCUT2D eigenvalue weighted by molar-refractivity contribution is -0.143. The fraction of sp³-hybridized carbons (Fsp3) is 0.300. The van der Waals surface area contributed by atoms with Crippen molar-refractivity contribution in [2.75, 3.05) is 11.9 Å². The Hall–Kier alpha value is -5.05. The standard InChI is InChI=1S/C40H39F3N2O4/c1-4-47-36(46)24-39(21-22-39)33-17-13-31(14-18-33)30-9-11-32(12-10-30)38-37(27(3)45-49-38)44-26(2)23-28-7-19-35(20-8-28)48-25-29-5-15-34(16-6-29)40(41,42)43/h5-20,26,44H,4,21-25H2,1-3H3. The largest absolute Gasteiger partial charge is 0.489 e. The Kier molecular flexibility index (Phi) is 9.81. The number of hydrogen-bond donors (Lipinski definition) is 1. The minimum Gasteiger partial charge on any atom is -0.489 e. The number of hydrogen-bond acceptors (Lipinski definition) is 6. The number of carbonyl (C=O) groups is 1. The van der Waals surface area contributed by atoms with Gasteiger partial charge in [-0.05, 0) is 92.1 Å². The van der Waals surface area contributed by atoms with Crippen LogP contribution in [-0.2, 0) is 34.2 Å². The molecular formula is C40H39F3N2O4. The molecule has 1 aromatic heterocycles. The normalized spacial score (nSPS) is 14.2. The molecule has 6 nitrogen and oxygen atoms in total. The van der Waals surface area contributed by atoms with Crippen LogP contribution in [0.15, 0.2) is 102 Å². The van der Waals surface area contributed by atoms with Gasteiger partial charge in [0, 0.05) is 17.0 Å². The lowest BCUT2D eigenvalue weighted by atomic mass is 9.91. The summed E-state index contributed by atoms with van der Waals surface area (Å²) in [5.74, 6) is 1.18. The Morgan fingerprint density at radius 2 is 1.47 bits per heavy atom. The molecule has 0 amide bonds. The predicted octanol–water partition coefficient (Wildman–Crippen LogP) is 9.94. The van der Waals surface area contributed by atoms with Crippen molar-refractivity contribution in [1.29, 1.82) is 0 Å². The third kappa shape index (κ3) is 8.16. The summed E-state index contributed by atoms with van der Waals surface area (Å²) in [7, 11) is 0. The van der Waals surface area contributed by atoms with Crippen LogP contribution in [0.5, 0.6) is 5.75 Å². The number of carbonyl (C=O) groups excluding carboxylic acids is 1. The summed E-state index contributed by atoms with van der Waals surface area (Å²) in [6, 6.07) is 29.4. The number of halogens is 3. The van der Waals surface area contributed by atoms with Crippen LogP contribution in [0.3, 0.4) is 0 Å². The minimum atomic E-state index is -4.36. The number of benzene rings is 4. The molecule has 1 heterocycles. The van der Waals surface area contributed by atoms with E-state index in [0.29, 0.717) is 30.1 Å². The van der Waals surface area contributed by atoms with Gasteiger partial charge in [-0.1, -0.05) is 78.0 Å². The van der Waals surface area contributed by atoms with Gasteiger partial charge in [0.15, 0.2) is 5.76 Å². The van der Waals surface area contributed by atoms with E-state index in [1.807, 2.05) is 50.2 Å². The van der Waals surface area contributed by atoms with E-state index >= 15 is 0 Å². The van der Waals surface area contributed by atoms with Crippen LogP contribution in [0.2, 0.25) is 0 Å². The first-order chi connectivity index (χ1) is 23.5. The fourth-order valence-corrected chi connectivity index (χ4v) is 6.10. The molecule has 254 valence electrons. The van der Waals surface area contributed by atoms with Crippen LogP contribution in [0, 0.1) is 6.92 Å². The summed E-state index contributed by atoms with van der Waals surface area (Å²) >= 11 is 0. The van der Waals surface area contributed by atoms with Crippen molar-refractivity contribution >= 4 is 11.7 Å². The minimum absolute atomic E-state index is 0.0622. The first-order valence-electron chi connectivity index (χ1n) is 16.5. The second-order valence-electron chi connectivity index (χ2n) is 12.8. The van der Waals surface area contributed by atoms with Gasteiger partial charge in [-0.3, -0.25) is 4.79 Å². The van der Waals surface area contributed by atoms with Gasteiger partial charge in [0.1, 0.15) is 23.7 Å². The molecule has 1 saturated carbocycles. The molecular weight excluding hydrogens is 629 g/mol. The molecule has 1 fully saturated rings. The summed E-state index contributed by atoms with van der Waals surface area (Å²) < 4.78 is 55.2. The smallest absolute Gasteiger partial charge is 0.416 e. The highest BCUT2D eigenvalue weighted by molar-refractivity contribution is 5.77. The van der Waals surface area contributed by atoms with Gasteiger partial charge >= 0.3 is 12.1 Å². The van der Waals surface area contributed by atoms with Gasteiger partial charge in [0.05, 0.1) is 18.6 Å². The van der Waals surface area contributed by atoms with Crippen molar-refractivity contribution in [3.8, 4) is 28.2 Å².